The van der Waals surface area contributed by atoms with Crippen LogP contribution < -0.4 is 4.74 Å². The Bertz CT molecular complexity index is 1170. The number of cyclic esters (lactones) is 1. The lowest BCUT2D eigenvalue weighted by Gasteiger charge is -2.10. The lowest BCUT2D eigenvalue weighted by Crippen LogP contribution is -2.04. The van der Waals surface area contributed by atoms with Crippen molar-refractivity contribution < 1.29 is 23.6 Å². The van der Waals surface area contributed by atoms with E-state index < -0.39 is 10.9 Å². The number of nitro benzene ring substituents is 1. The number of rotatable bonds is 6. The van der Waals surface area contributed by atoms with Crippen molar-refractivity contribution >= 4 is 35.2 Å². The van der Waals surface area contributed by atoms with Gasteiger partial charge in [-0.3, -0.25) is 10.1 Å². The summed E-state index contributed by atoms with van der Waals surface area (Å²) in [5.41, 5.74) is 0.991. The average Bonchev–Trinajstić information content (AvgIpc) is 3.38. The molecule has 30 heavy (non-hydrogen) atoms. The molecule has 4 rings (SSSR count). The summed E-state index contributed by atoms with van der Waals surface area (Å²) in [6.45, 7) is 0.205. The molecule has 0 saturated heterocycles. The van der Waals surface area contributed by atoms with Gasteiger partial charge < -0.3 is 13.9 Å². The fourth-order valence-electron chi connectivity index (χ4n) is 2.70. The number of aliphatic imine (C=N–C) groups is 1. The van der Waals surface area contributed by atoms with Crippen LogP contribution in [0.2, 0.25) is 5.02 Å². The molecule has 0 radical (unpaired) electrons. The zero-order valence-corrected chi connectivity index (χ0v) is 16.0. The first-order chi connectivity index (χ1) is 14.5. The van der Waals surface area contributed by atoms with E-state index in [9.17, 15) is 14.9 Å². The molecule has 3 aromatic rings. The highest BCUT2D eigenvalue weighted by atomic mass is 35.5. The maximum Gasteiger partial charge on any atom is 0.363 e. The molecule has 0 aliphatic carbocycles. The van der Waals surface area contributed by atoms with Gasteiger partial charge in [0.2, 0.25) is 0 Å². The normalized spacial score (nSPS) is 14.5. The maximum atomic E-state index is 12.2. The molecule has 2 aromatic carbocycles. The van der Waals surface area contributed by atoms with Gasteiger partial charge >= 0.3 is 5.97 Å². The molecule has 0 amide bonds. The van der Waals surface area contributed by atoms with Crippen molar-refractivity contribution in [3.05, 3.63) is 98.6 Å². The Morgan fingerprint density at radius 1 is 1.17 bits per heavy atom. The summed E-state index contributed by atoms with van der Waals surface area (Å²) < 4.78 is 16.1. The minimum absolute atomic E-state index is 0.0188. The molecule has 1 aromatic heterocycles. The zero-order chi connectivity index (χ0) is 21.1. The molecule has 0 spiro atoms. The Labute approximate surface area is 175 Å². The minimum Gasteiger partial charge on any atom is -0.488 e. The molecule has 1 aliphatic heterocycles. The third-order valence-corrected chi connectivity index (χ3v) is 4.41. The van der Waals surface area contributed by atoms with Crippen LogP contribution >= 0.6 is 11.6 Å². The standard InChI is InChI=1S/C21H13ClN2O6/c22-15-5-3-13(4-6-15)12-29-18-8-7-16(24(26)27)10-14(18)11-17-21(25)30-20(23-17)19-2-1-9-28-19/h1-11H,12H2/b17-11+. The number of non-ortho nitro benzene ring substituents is 1. The van der Waals surface area contributed by atoms with E-state index in [1.807, 2.05) is 0 Å². The first-order valence-corrected chi connectivity index (χ1v) is 9.09. The van der Waals surface area contributed by atoms with Crippen molar-refractivity contribution in [1.82, 2.24) is 0 Å². The van der Waals surface area contributed by atoms with Gasteiger partial charge in [-0.05, 0) is 42.0 Å². The van der Waals surface area contributed by atoms with Gasteiger partial charge in [0.05, 0.1) is 11.2 Å². The summed E-state index contributed by atoms with van der Waals surface area (Å²) in [7, 11) is 0. The highest BCUT2D eigenvalue weighted by molar-refractivity contribution is 6.30. The number of benzene rings is 2. The number of nitrogens with zero attached hydrogens (tertiary/aromatic N) is 2. The van der Waals surface area contributed by atoms with Crippen molar-refractivity contribution in [2.45, 2.75) is 6.61 Å². The summed E-state index contributed by atoms with van der Waals surface area (Å²) in [5, 5.41) is 11.8. The van der Waals surface area contributed by atoms with Crippen LogP contribution in [0.5, 0.6) is 5.75 Å². The molecule has 9 heteroatoms. The molecule has 1 aliphatic rings. The molecule has 0 saturated carbocycles. The van der Waals surface area contributed by atoms with Crippen molar-refractivity contribution in [1.29, 1.82) is 0 Å². The number of carbonyl (C=O) groups is 1. The predicted molar refractivity (Wildman–Crippen MR) is 108 cm³/mol. The molecule has 0 bridgehead atoms. The highest BCUT2D eigenvalue weighted by Gasteiger charge is 2.26. The first kappa shape index (κ1) is 19.4. The molecule has 150 valence electrons. The molecule has 0 fully saturated rings. The topological polar surface area (TPSA) is 104 Å². The second kappa shape index (κ2) is 8.22. The Morgan fingerprint density at radius 3 is 2.67 bits per heavy atom. The Hall–Kier alpha value is -3.91. The van der Waals surface area contributed by atoms with E-state index in [0.29, 0.717) is 22.1 Å². The smallest absolute Gasteiger partial charge is 0.363 e. The van der Waals surface area contributed by atoms with Crippen LogP contribution in [0.4, 0.5) is 5.69 Å². The van der Waals surface area contributed by atoms with Gasteiger partial charge in [-0.25, -0.2) is 9.79 Å². The summed E-state index contributed by atoms with van der Waals surface area (Å²) in [6.07, 6.45) is 2.80. The molecule has 0 atom stereocenters. The second-order valence-electron chi connectivity index (χ2n) is 6.21. The number of halogens is 1. The fourth-order valence-corrected chi connectivity index (χ4v) is 2.82. The molecular weight excluding hydrogens is 412 g/mol. The summed E-state index contributed by atoms with van der Waals surface area (Å²) in [5.74, 6) is -0.0376. The number of hydrogen-bond acceptors (Lipinski definition) is 7. The Balaban J connectivity index is 1.65. The number of nitro groups is 1. The van der Waals surface area contributed by atoms with Crippen molar-refractivity contribution in [2.75, 3.05) is 0 Å². The SMILES string of the molecule is O=C1OC(c2ccco2)=N/C1=C/c1cc([N+](=O)[O-])ccc1OCc1ccc(Cl)cc1. The quantitative estimate of drug-likeness (QED) is 0.244. The number of carbonyl (C=O) groups excluding carboxylic acids is 1. The number of esters is 1. The zero-order valence-electron chi connectivity index (χ0n) is 15.3. The van der Waals surface area contributed by atoms with E-state index in [2.05, 4.69) is 4.99 Å². The van der Waals surface area contributed by atoms with E-state index in [1.165, 1.54) is 30.5 Å². The average molecular weight is 425 g/mol. The van der Waals surface area contributed by atoms with Gasteiger partial charge in [0, 0.05) is 22.7 Å². The van der Waals surface area contributed by atoms with Gasteiger partial charge in [-0.2, -0.15) is 0 Å². The van der Waals surface area contributed by atoms with Crippen molar-refractivity contribution in [3.8, 4) is 5.75 Å². The summed E-state index contributed by atoms with van der Waals surface area (Å²) >= 11 is 5.88. The van der Waals surface area contributed by atoms with E-state index in [4.69, 9.17) is 25.5 Å². The molecule has 0 N–H and O–H groups in total. The second-order valence-corrected chi connectivity index (χ2v) is 6.64. The van der Waals surface area contributed by atoms with Gasteiger partial charge in [0.25, 0.3) is 11.6 Å². The lowest BCUT2D eigenvalue weighted by atomic mass is 10.1. The van der Waals surface area contributed by atoms with Gasteiger partial charge in [-0.15, -0.1) is 0 Å². The Morgan fingerprint density at radius 2 is 1.97 bits per heavy atom. The van der Waals surface area contributed by atoms with Crippen LogP contribution in [0.25, 0.3) is 6.08 Å². The van der Waals surface area contributed by atoms with Crippen LogP contribution in [0.15, 0.2) is 76.0 Å². The third-order valence-electron chi connectivity index (χ3n) is 4.16. The lowest BCUT2D eigenvalue weighted by molar-refractivity contribution is -0.384. The van der Waals surface area contributed by atoms with Crippen molar-refractivity contribution in [3.63, 3.8) is 0 Å². The first-order valence-electron chi connectivity index (χ1n) is 8.72. The van der Waals surface area contributed by atoms with Crippen LogP contribution in [-0.4, -0.2) is 16.8 Å². The third kappa shape index (κ3) is 4.23. The monoisotopic (exact) mass is 424 g/mol. The maximum absolute atomic E-state index is 12.2. The van der Waals surface area contributed by atoms with Crippen LogP contribution in [-0.2, 0) is 16.1 Å². The highest BCUT2D eigenvalue weighted by Crippen LogP contribution is 2.29. The van der Waals surface area contributed by atoms with Crippen LogP contribution in [0.3, 0.4) is 0 Å². The van der Waals surface area contributed by atoms with Crippen LogP contribution in [0.1, 0.15) is 16.9 Å². The molecule has 2 heterocycles. The fraction of sp³-hybridized carbons (Fsp3) is 0.0476. The molecular formula is C21H13ClN2O6. The van der Waals surface area contributed by atoms with E-state index in [0.717, 1.165) is 5.56 Å². The molecule has 0 unspecified atom stereocenters. The largest absolute Gasteiger partial charge is 0.488 e. The number of ether oxygens (including phenoxy) is 2. The van der Waals surface area contributed by atoms with E-state index >= 15 is 0 Å². The number of hydrogen-bond donors (Lipinski definition) is 0. The van der Waals surface area contributed by atoms with Gasteiger partial charge in [0.15, 0.2) is 11.5 Å². The van der Waals surface area contributed by atoms with E-state index in [1.54, 1.807) is 36.4 Å². The van der Waals surface area contributed by atoms with E-state index in [-0.39, 0.29) is 23.9 Å². The minimum atomic E-state index is -0.698. The number of furan rings is 1. The van der Waals surface area contributed by atoms with Gasteiger partial charge in [0.1, 0.15) is 12.4 Å². The predicted octanol–water partition coefficient (Wildman–Crippen LogP) is 4.76. The van der Waals surface area contributed by atoms with Crippen LogP contribution in [0, 0.1) is 10.1 Å². The Kier molecular flexibility index (Phi) is 5.32. The summed E-state index contributed by atoms with van der Waals surface area (Å²) in [4.78, 5) is 27.0. The van der Waals surface area contributed by atoms with Crippen molar-refractivity contribution in [2.24, 2.45) is 4.99 Å². The van der Waals surface area contributed by atoms with Gasteiger partial charge in [-0.1, -0.05) is 23.7 Å². The molecule has 8 nitrogen and oxygen atoms in total. The summed E-state index contributed by atoms with van der Waals surface area (Å²) in [6, 6.07) is 14.4.